The van der Waals surface area contributed by atoms with Crippen molar-refractivity contribution in [2.75, 3.05) is 0 Å². The Morgan fingerprint density at radius 3 is 2.47 bits per heavy atom. The van der Waals surface area contributed by atoms with Gasteiger partial charge in [0.05, 0.1) is 0 Å². The van der Waals surface area contributed by atoms with Crippen LogP contribution in [-0.4, -0.2) is 15.7 Å². The summed E-state index contributed by atoms with van der Waals surface area (Å²) in [6.45, 7) is 4.03. The van der Waals surface area contributed by atoms with Gasteiger partial charge in [-0.3, -0.25) is 4.98 Å². The van der Waals surface area contributed by atoms with E-state index in [9.17, 15) is 13.9 Å². The molecule has 0 spiro atoms. The molecule has 0 aliphatic rings. The number of aliphatic hydroxyl groups is 1. The first-order chi connectivity index (χ1) is 6.79. The van der Waals surface area contributed by atoms with Crippen molar-refractivity contribution < 1.29 is 13.9 Å². The predicted octanol–water partition coefficient (Wildman–Crippen LogP) is 2.51. The van der Waals surface area contributed by atoms with Crippen molar-refractivity contribution in [1.29, 1.82) is 0 Å². The first-order valence-electron chi connectivity index (χ1n) is 4.84. The molecule has 0 fully saturated rings. The van der Waals surface area contributed by atoms with E-state index < -0.39 is 11.5 Å². The lowest BCUT2D eigenvalue weighted by Gasteiger charge is -2.29. The number of hydrogen-bond donors (Lipinski definition) is 1. The fourth-order valence-electron chi connectivity index (χ4n) is 1.22. The molecule has 0 amide bonds. The van der Waals surface area contributed by atoms with Gasteiger partial charge in [0, 0.05) is 17.5 Å². The lowest BCUT2D eigenvalue weighted by atomic mass is 9.93. The molecule has 1 rings (SSSR count). The van der Waals surface area contributed by atoms with E-state index in [0.717, 1.165) is 13.8 Å². The average molecular weight is 215 g/mol. The van der Waals surface area contributed by atoms with Gasteiger partial charge in [-0.2, -0.15) is 8.78 Å². The highest BCUT2D eigenvalue weighted by molar-refractivity contribution is 5.23. The van der Waals surface area contributed by atoms with Crippen molar-refractivity contribution in [3.63, 3.8) is 0 Å². The molecule has 0 aromatic carbocycles. The van der Waals surface area contributed by atoms with Gasteiger partial charge in [0.15, 0.2) is 0 Å². The first-order valence-corrected chi connectivity index (χ1v) is 4.84. The van der Waals surface area contributed by atoms with Crippen LogP contribution < -0.4 is 0 Å². The molecule has 0 bridgehead atoms. The quantitative estimate of drug-likeness (QED) is 0.840. The molecule has 84 valence electrons. The topological polar surface area (TPSA) is 33.1 Å². The van der Waals surface area contributed by atoms with Crippen LogP contribution in [0.15, 0.2) is 18.3 Å². The summed E-state index contributed by atoms with van der Waals surface area (Å²) in [5.41, 5.74) is -1.67. The largest absolute Gasteiger partial charge is 0.384 e. The van der Waals surface area contributed by atoms with E-state index in [1.165, 1.54) is 18.3 Å². The fraction of sp³-hybridized carbons (Fsp3) is 0.545. The molecule has 2 nitrogen and oxygen atoms in total. The highest BCUT2D eigenvalue weighted by Gasteiger charge is 2.46. The molecule has 4 heteroatoms. The van der Waals surface area contributed by atoms with Crippen LogP contribution in [0.25, 0.3) is 0 Å². The normalized spacial score (nSPS) is 12.9. The summed E-state index contributed by atoms with van der Waals surface area (Å²) in [5, 5.41) is 9.39. The Balaban J connectivity index is 3.15. The van der Waals surface area contributed by atoms with Gasteiger partial charge in [0.25, 0.3) is 0 Å². The number of pyridine rings is 1. The predicted molar refractivity (Wildman–Crippen MR) is 53.8 cm³/mol. The van der Waals surface area contributed by atoms with Crippen LogP contribution in [0.5, 0.6) is 0 Å². The van der Waals surface area contributed by atoms with Gasteiger partial charge in [0.2, 0.25) is 0 Å². The average Bonchev–Trinajstić information content (AvgIpc) is 2.16. The molecule has 0 aliphatic heterocycles. The van der Waals surface area contributed by atoms with Crippen LogP contribution in [-0.2, 0) is 12.3 Å². The molecule has 0 aliphatic carbocycles. The number of nitrogens with zero attached hydrogens (tertiary/aromatic N) is 1. The van der Waals surface area contributed by atoms with Crippen molar-refractivity contribution in [1.82, 2.24) is 4.98 Å². The van der Waals surface area contributed by atoms with Crippen LogP contribution in [0.3, 0.4) is 0 Å². The number of rotatable bonds is 3. The third kappa shape index (κ3) is 2.31. The van der Waals surface area contributed by atoms with Crippen LogP contribution in [0, 0.1) is 0 Å². The maximum Gasteiger partial charge on any atom is 0.300 e. The van der Waals surface area contributed by atoms with Crippen molar-refractivity contribution in [3.8, 4) is 0 Å². The third-order valence-corrected chi connectivity index (χ3v) is 2.31. The minimum atomic E-state index is -3.26. The Kier molecular flexibility index (Phi) is 3.09. The molecule has 0 saturated heterocycles. The Morgan fingerprint density at radius 2 is 2.00 bits per heavy atom. The maximum atomic E-state index is 13.7. The van der Waals surface area contributed by atoms with Gasteiger partial charge in [-0.25, -0.2) is 0 Å². The standard InChI is InChI=1S/C11H15F2NO/c1-4-9-7-8(5-6-14-9)11(12,13)10(2,3)15/h5-7,15H,4H2,1-3H3. The van der Waals surface area contributed by atoms with Crippen molar-refractivity contribution >= 4 is 0 Å². The zero-order valence-electron chi connectivity index (χ0n) is 9.09. The molecular formula is C11H15F2NO. The fourth-order valence-corrected chi connectivity index (χ4v) is 1.22. The second kappa shape index (κ2) is 3.85. The summed E-state index contributed by atoms with van der Waals surface area (Å²) >= 11 is 0. The summed E-state index contributed by atoms with van der Waals surface area (Å²) < 4.78 is 27.4. The van der Waals surface area contributed by atoms with Gasteiger partial charge >= 0.3 is 5.92 Å². The number of alkyl halides is 2. The SMILES string of the molecule is CCc1cc(C(F)(F)C(C)(C)O)ccn1. The van der Waals surface area contributed by atoms with E-state index in [0.29, 0.717) is 12.1 Å². The van der Waals surface area contributed by atoms with Gasteiger partial charge in [-0.05, 0) is 32.4 Å². The van der Waals surface area contributed by atoms with Crippen molar-refractivity contribution in [3.05, 3.63) is 29.6 Å². The summed E-state index contributed by atoms with van der Waals surface area (Å²) in [5.74, 6) is -3.26. The zero-order chi connectivity index (χ0) is 11.7. The van der Waals surface area contributed by atoms with E-state index in [1.807, 2.05) is 6.92 Å². The van der Waals surface area contributed by atoms with E-state index in [4.69, 9.17) is 0 Å². The molecule has 1 heterocycles. The Bertz CT molecular complexity index is 345. The Hall–Kier alpha value is -1.03. The molecule has 1 aromatic rings. The summed E-state index contributed by atoms with van der Waals surface area (Å²) in [6, 6.07) is 2.56. The molecule has 0 unspecified atom stereocenters. The van der Waals surface area contributed by atoms with E-state index >= 15 is 0 Å². The second-order valence-corrected chi connectivity index (χ2v) is 4.02. The monoisotopic (exact) mass is 215 g/mol. The summed E-state index contributed by atoms with van der Waals surface area (Å²) in [7, 11) is 0. The number of aryl methyl sites for hydroxylation is 1. The highest BCUT2D eigenvalue weighted by Crippen LogP contribution is 2.38. The lowest BCUT2D eigenvalue weighted by Crippen LogP contribution is -2.40. The van der Waals surface area contributed by atoms with Crippen molar-refractivity contribution in [2.24, 2.45) is 0 Å². The smallest absolute Gasteiger partial charge is 0.300 e. The molecule has 0 saturated carbocycles. The molecule has 15 heavy (non-hydrogen) atoms. The van der Waals surface area contributed by atoms with Crippen LogP contribution in [0.2, 0.25) is 0 Å². The van der Waals surface area contributed by atoms with Crippen molar-refractivity contribution in [2.45, 2.75) is 38.7 Å². The lowest BCUT2D eigenvalue weighted by molar-refractivity contribution is -0.168. The van der Waals surface area contributed by atoms with E-state index in [-0.39, 0.29) is 5.56 Å². The van der Waals surface area contributed by atoms with Crippen LogP contribution >= 0.6 is 0 Å². The summed E-state index contributed by atoms with van der Waals surface area (Å²) in [6.07, 6.45) is 1.93. The molecule has 0 atom stereocenters. The second-order valence-electron chi connectivity index (χ2n) is 4.02. The van der Waals surface area contributed by atoms with Gasteiger partial charge in [-0.1, -0.05) is 6.92 Å². The number of aromatic nitrogens is 1. The van der Waals surface area contributed by atoms with Crippen LogP contribution in [0.1, 0.15) is 32.0 Å². The van der Waals surface area contributed by atoms with Crippen LogP contribution in [0.4, 0.5) is 8.78 Å². The molecular weight excluding hydrogens is 200 g/mol. The molecule has 1 N–H and O–H groups in total. The van der Waals surface area contributed by atoms with E-state index in [1.54, 1.807) is 0 Å². The van der Waals surface area contributed by atoms with Gasteiger partial charge < -0.3 is 5.11 Å². The molecule has 0 radical (unpaired) electrons. The zero-order valence-corrected chi connectivity index (χ0v) is 9.09. The van der Waals surface area contributed by atoms with Gasteiger partial charge in [0.1, 0.15) is 5.60 Å². The maximum absolute atomic E-state index is 13.7. The summed E-state index contributed by atoms with van der Waals surface area (Å²) in [4.78, 5) is 3.94. The van der Waals surface area contributed by atoms with E-state index in [2.05, 4.69) is 4.98 Å². The Labute approximate surface area is 88.0 Å². The number of halogens is 2. The highest BCUT2D eigenvalue weighted by atomic mass is 19.3. The van der Waals surface area contributed by atoms with Gasteiger partial charge in [-0.15, -0.1) is 0 Å². The molecule has 1 aromatic heterocycles. The minimum Gasteiger partial charge on any atom is -0.384 e. The number of hydrogen-bond acceptors (Lipinski definition) is 2. The third-order valence-electron chi connectivity index (χ3n) is 2.31. The Morgan fingerprint density at radius 1 is 1.40 bits per heavy atom. The first kappa shape index (κ1) is 12.0. The minimum absolute atomic E-state index is 0.193.